The predicted octanol–water partition coefficient (Wildman–Crippen LogP) is 3.09. The van der Waals surface area contributed by atoms with Crippen molar-refractivity contribution >= 4 is 0 Å². The zero-order chi connectivity index (χ0) is 13.3. The summed E-state index contributed by atoms with van der Waals surface area (Å²) < 4.78 is 0. The van der Waals surface area contributed by atoms with Gasteiger partial charge >= 0.3 is 0 Å². The third-order valence-corrected chi connectivity index (χ3v) is 5.11. The van der Waals surface area contributed by atoms with Crippen LogP contribution < -0.4 is 5.32 Å². The molecule has 2 nitrogen and oxygen atoms in total. The van der Waals surface area contributed by atoms with Gasteiger partial charge in [-0.15, -0.1) is 0 Å². The van der Waals surface area contributed by atoms with E-state index in [0.29, 0.717) is 0 Å². The van der Waals surface area contributed by atoms with E-state index < -0.39 is 0 Å². The summed E-state index contributed by atoms with van der Waals surface area (Å²) in [4.78, 5) is 2.44. The Hall–Kier alpha value is -0.860. The van der Waals surface area contributed by atoms with E-state index in [4.69, 9.17) is 0 Å². The Balaban J connectivity index is 1.72. The van der Waals surface area contributed by atoms with E-state index in [1.54, 1.807) is 5.56 Å². The zero-order valence-electron chi connectivity index (χ0n) is 12.3. The molecule has 1 aromatic rings. The Kier molecular flexibility index (Phi) is 3.64. The molecule has 0 aromatic heterocycles. The van der Waals surface area contributed by atoms with Crippen LogP contribution in [-0.4, -0.2) is 31.6 Å². The van der Waals surface area contributed by atoms with Crippen molar-refractivity contribution in [3.8, 4) is 0 Å². The van der Waals surface area contributed by atoms with Crippen LogP contribution in [-0.2, 0) is 5.54 Å². The van der Waals surface area contributed by atoms with Gasteiger partial charge in [0.05, 0.1) is 0 Å². The number of hydrogen-bond acceptors (Lipinski definition) is 2. The molecule has 1 atom stereocenters. The van der Waals surface area contributed by atoms with Gasteiger partial charge < -0.3 is 10.2 Å². The SMILES string of the molecule is CN1CCC(c2ccc(C3(C)CCCN3)cc2)CC1. The fourth-order valence-electron chi connectivity index (χ4n) is 3.61. The fraction of sp³-hybridized carbons (Fsp3) is 0.647. The van der Waals surface area contributed by atoms with Gasteiger partial charge in [-0.3, -0.25) is 0 Å². The molecule has 0 amide bonds. The summed E-state index contributed by atoms with van der Waals surface area (Å²) in [6.07, 6.45) is 5.19. The highest BCUT2D eigenvalue weighted by molar-refractivity contribution is 5.31. The smallest absolute Gasteiger partial charge is 0.0406 e. The molecule has 2 heterocycles. The van der Waals surface area contributed by atoms with E-state index in [1.165, 1.54) is 44.3 Å². The lowest BCUT2D eigenvalue weighted by atomic mass is 9.85. The molecule has 3 rings (SSSR count). The molecule has 104 valence electrons. The van der Waals surface area contributed by atoms with Crippen molar-refractivity contribution in [3.05, 3.63) is 35.4 Å². The largest absolute Gasteiger partial charge is 0.308 e. The molecule has 19 heavy (non-hydrogen) atoms. The lowest BCUT2D eigenvalue weighted by Gasteiger charge is -2.30. The summed E-state index contributed by atoms with van der Waals surface area (Å²) in [7, 11) is 2.23. The molecule has 0 saturated carbocycles. The van der Waals surface area contributed by atoms with Crippen LogP contribution in [0.1, 0.15) is 49.7 Å². The van der Waals surface area contributed by atoms with E-state index in [0.717, 1.165) is 12.5 Å². The highest BCUT2D eigenvalue weighted by Crippen LogP contribution is 2.33. The fourth-order valence-corrected chi connectivity index (χ4v) is 3.61. The van der Waals surface area contributed by atoms with Gasteiger partial charge in [-0.25, -0.2) is 0 Å². The number of nitrogens with one attached hydrogen (secondary N) is 1. The van der Waals surface area contributed by atoms with E-state index in [2.05, 4.69) is 48.5 Å². The summed E-state index contributed by atoms with van der Waals surface area (Å²) in [5.41, 5.74) is 3.21. The minimum Gasteiger partial charge on any atom is -0.308 e. The maximum Gasteiger partial charge on any atom is 0.0406 e. The number of rotatable bonds is 2. The third kappa shape index (κ3) is 2.70. The maximum atomic E-state index is 3.65. The summed E-state index contributed by atoms with van der Waals surface area (Å²) in [6, 6.07) is 9.45. The first-order valence-corrected chi connectivity index (χ1v) is 7.71. The Labute approximate surface area is 117 Å². The normalized spacial score (nSPS) is 29.8. The molecule has 2 saturated heterocycles. The van der Waals surface area contributed by atoms with Gasteiger partial charge in [0.1, 0.15) is 0 Å². The van der Waals surface area contributed by atoms with Gasteiger partial charge in [0.15, 0.2) is 0 Å². The van der Waals surface area contributed by atoms with Gasteiger partial charge in [-0.1, -0.05) is 24.3 Å². The van der Waals surface area contributed by atoms with E-state index in [9.17, 15) is 0 Å². The molecular weight excluding hydrogens is 232 g/mol. The van der Waals surface area contributed by atoms with Gasteiger partial charge in [0.2, 0.25) is 0 Å². The molecular formula is C17H26N2. The average molecular weight is 258 g/mol. The number of hydrogen-bond donors (Lipinski definition) is 1. The number of benzene rings is 1. The number of nitrogens with zero attached hydrogens (tertiary/aromatic N) is 1. The summed E-state index contributed by atoms with van der Waals surface area (Å²) in [5.74, 6) is 0.773. The molecule has 1 N–H and O–H groups in total. The van der Waals surface area contributed by atoms with Crippen molar-refractivity contribution in [3.63, 3.8) is 0 Å². The Bertz CT molecular complexity index is 409. The van der Waals surface area contributed by atoms with Crippen molar-refractivity contribution in [2.24, 2.45) is 0 Å². The molecule has 1 unspecified atom stereocenters. The lowest BCUT2D eigenvalue weighted by Crippen LogP contribution is -2.33. The second-order valence-electron chi connectivity index (χ2n) is 6.56. The monoisotopic (exact) mass is 258 g/mol. The van der Waals surface area contributed by atoms with Crippen LogP contribution >= 0.6 is 0 Å². The van der Waals surface area contributed by atoms with Gasteiger partial charge in [-0.2, -0.15) is 0 Å². The Morgan fingerprint density at radius 2 is 1.84 bits per heavy atom. The van der Waals surface area contributed by atoms with Crippen LogP contribution in [0.2, 0.25) is 0 Å². The Morgan fingerprint density at radius 1 is 1.16 bits per heavy atom. The first-order chi connectivity index (χ1) is 9.17. The van der Waals surface area contributed by atoms with Crippen molar-refractivity contribution < 1.29 is 0 Å². The standard InChI is InChI=1S/C17H26N2/c1-17(10-3-11-18-17)16-6-4-14(5-7-16)15-8-12-19(2)13-9-15/h4-7,15,18H,3,8-13H2,1-2H3. The molecule has 2 heteroatoms. The number of piperidine rings is 1. The molecule has 0 bridgehead atoms. The van der Waals surface area contributed by atoms with Crippen LogP contribution in [0, 0.1) is 0 Å². The molecule has 2 aliphatic heterocycles. The van der Waals surface area contributed by atoms with Crippen LogP contribution in [0.25, 0.3) is 0 Å². The third-order valence-electron chi connectivity index (χ3n) is 5.11. The maximum absolute atomic E-state index is 3.65. The topological polar surface area (TPSA) is 15.3 Å². The van der Waals surface area contributed by atoms with Gasteiger partial charge in [-0.05, 0) is 76.3 Å². The molecule has 0 radical (unpaired) electrons. The predicted molar refractivity (Wildman–Crippen MR) is 80.5 cm³/mol. The Morgan fingerprint density at radius 3 is 2.42 bits per heavy atom. The first kappa shape index (κ1) is 13.1. The zero-order valence-corrected chi connectivity index (χ0v) is 12.3. The lowest BCUT2D eigenvalue weighted by molar-refractivity contribution is 0.255. The first-order valence-electron chi connectivity index (χ1n) is 7.71. The molecule has 2 fully saturated rings. The molecule has 0 aliphatic carbocycles. The van der Waals surface area contributed by atoms with Crippen molar-refractivity contribution in [2.75, 3.05) is 26.7 Å². The minimum absolute atomic E-state index is 0.214. The molecule has 2 aliphatic rings. The summed E-state index contributed by atoms with van der Waals surface area (Å²) in [5, 5.41) is 3.65. The van der Waals surface area contributed by atoms with Crippen molar-refractivity contribution in [2.45, 2.75) is 44.1 Å². The quantitative estimate of drug-likeness (QED) is 0.877. The van der Waals surface area contributed by atoms with Crippen molar-refractivity contribution in [1.82, 2.24) is 10.2 Å². The van der Waals surface area contributed by atoms with Crippen molar-refractivity contribution in [1.29, 1.82) is 0 Å². The summed E-state index contributed by atoms with van der Waals surface area (Å²) >= 11 is 0. The molecule has 0 spiro atoms. The van der Waals surface area contributed by atoms with Crippen LogP contribution in [0.4, 0.5) is 0 Å². The van der Waals surface area contributed by atoms with Gasteiger partial charge in [0, 0.05) is 5.54 Å². The second-order valence-corrected chi connectivity index (χ2v) is 6.56. The van der Waals surface area contributed by atoms with E-state index in [-0.39, 0.29) is 5.54 Å². The number of likely N-dealkylation sites (tertiary alicyclic amines) is 1. The van der Waals surface area contributed by atoms with Crippen LogP contribution in [0.15, 0.2) is 24.3 Å². The van der Waals surface area contributed by atoms with E-state index >= 15 is 0 Å². The minimum atomic E-state index is 0.214. The molecule has 1 aromatic carbocycles. The van der Waals surface area contributed by atoms with Gasteiger partial charge in [0.25, 0.3) is 0 Å². The second kappa shape index (κ2) is 5.26. The van der Waals surface area contributed by atoms with E-state index in [1.807, 2.05) is 0 Å². The highest BCUT2D eigenvalue weighted by atomic mass is 15.1. The van der Waals surface area contributed by atoms with Crippen LogP contribution in [0.5, 0.6) is 0 Å². The van der Waals surface area contributed by atoms with Crippen LogP contribution in [0.3, 0.4) is 0 Å². The summed E-state index contributed by atoms with van der Waals surface area (Å²) in [6.45, 7) is 5.98. The highest BCUT2D eigenvalue weighted by Gasteiger charge is 2.29. The average Bonchev–Trinajstić information content (AvgIpc) is 2.88.